The average Bonchev–Trinajstić information content (AvgIpc) is 3.52. The maximum absolute atomic E-state index is 13.8. The van der Waals surface area contributed by atoms with Gasteiger partial charge in [0.25, 0.3) is 0 Å². The van der Waals surface area contributed by atoms with Crippen LogP contribution in [0.5, 0.6) is 0 Å². The number of carbonyl (C=O) groups excluding carboxylic acids is 1. The summed E-state index contributed by atoms with van der Waals surface area (Å²) >= 11 is 0. The van der Waals surface area contributed by atoms with Gasteiger partial charge in [-0.25, -0.2) is 9.18 Å². The number of halogens is 1. The Bertz CT molecular complexity index is 1230. The zero-order valence-electron chi connectivity index (χ0n) is 22.9. The monoisotopic (exact) mass is 578 g/mol. The molecule has 14 heteroatoms. The van der Waals surface area contributed by atoms with Gasteiger partial charge < -0.3 is 35.0 Å². The number of carboxylic acids is 3. The van der Waals surface area contributed by atoms with Gasteiger partial charge in [-0.2, -0.15) is 5.10 Å². The lowest BCUT2D eigenvalue weighted by Gasteiger charge is -2.40. The van der Waals surface area contributed by atoms with E-state index < -0.39 is 36.4 Å². The second kappa shape index (κ2) is 13.2. The Kier molecular flexibility index (Phi) is 10.2. The highest BCUT2D eigenvalue weighted by Gasteiger charge is 2.43. The van der Waals surface area contributed by atoms with Crippen LogP contribution >= 0.6 is 0 Å². The summed E-state index contributed by atoms with van der Waals surface area (Å²) in [6.07, 6.45) is 2.96. The van der Waals surface area contributed by atoms with Crippen LogP contribution in [0.2, 0.25) is 0 Å². The van der Waals surface area contributed by atoms with Gasteiger partial charge in [-0.05, 0) is 42.2 Å². The van der Waals surface area contributed by atoms with Crippen molar-refractivity contribution in [2.75, 3.05) is 33.7 Å². The third kappa shape index (κ3) is 8.08. The van der Waals surface area contributed by atoms with Gasteiger partial charge in [0.1, 0.15) is 5.82 Å². The Balaban J connectivity index is 0.000000302. The number of carbonyl (C=O) groups is 4. The number of hydrogen-bond donors (Lipinski definition) is 4. The minimum atomic E-state index is -2.74. The van der Waals surface area contributed by atoms with Crippen molar-refractivity contribution in [3.63, 3.8) is 0 Å². The van der Waals surface area contributed by atoms with Crippen molar-refractivity contribution in [1.82, 2.24) is 19.6 Å². The fourth-order valence-electron chi connectivity index (χ4n) is 5.14. The number of amides is 1. The summed E-state index contributed by atoms with van der Waals surface area (Å²) in [5.74, 6) is -5.27. The van der Waals surface area contributed by atoms with Crippen LogP contribution in [0, 0.1) is 11.7 Å². The van der Waals surface area contributed by atoms with Gasteiger partial charge in [-0.1, -0.05) is 6.07 Å². The van der Waals surface area contributed by atoms with Crippen LogP contribution in [0.15, 0.2) is 36.7 Å². The van der Waals surface area contributed by atoms with Crippen molar-refractivity contribution >= 4 is 23.8 Å². The highest BCUT2D eigenvalue weighted by atomic mass is 19.1. The van der Waals surface area contributed by atoms with Crippen molar-refractivity contribution in [2.24, 2.45) is 5.92 Å². The van der Waals surface area contributed by atoms with E-state index in [0.717, 1.165) is 37.1 Å². The summed E-state index contributed by atoms with van der Waals surface area (Å²) in [6, 6.07) is 6.84. The highest BCUT2D eigenvalue weighted by Crippen LogP contribution is 2.44. The predicted molar refractivity (Wildman–Crippen MR) is 140 cm³/mol. The lowest BCUT2D eigenvalue weighted by molar-refractivity contribution is -0.170. The van der Waals surface area contributed by atoms with Crippen molar-refractivity contribution in [2.45, 2.75) is 50.0 Å². The van der Waals surface area contributed by atoms with Crippen molar-refractivity contribution < 1.29 is 48.7 Å². The standard InChI is InChI=1S/C21H27FN4O2.C6H8O7/c1-24(2)20(27)17(14-26-9-3-8-23-26)13-25-10-6-21(7-11-25)19-12-18(22)5-4-16(19)15-28-21;7-3(8)1-6(13,5(11)12)2-4(9)10/h3-5,8-9,12,17H,6-7,10-11,13-15H2,1-2H3;13H,1-2H2,(H,7,8)(H,9,10)(H,11,12). The first-order valence-electron chi connectivity index (χ1n) is 13.0. The maximum atomic E-state index is 13.8. The normalized spacial score (nSPS) is 16.8. The SMILES string of the molecule is CN(C)C(=O)C(CN1CCC2(CC1)OCc1ccc(F)cc12)Cn1cccn1.O=C(O)CC(O)(CC(=O)O)C(=O)O. The van der Waals surface area contributed by atoms with Gasteiger partial charge in [0.05, 0.1) is 37.5 Å². The summed E-state index contributed by atoms with van der Waals surface area (Å²) in [4.78, 5) is 47.1. The molecule has 1 atom stereocenters. The summed E-state index contributed by atoms with van der Waals surface area (Å²) in [5, 5.41) is 38.1. The number of aromatic nitrogens is 2. The van der Waals surface area contributed by atoms with E-state index in [1.807, 2.05) is 23.0 Å². The summed E-state index contributed by atoms with van der Waals surface area (Å²) in [6.45, 7) is 3.45. The molecule has 1 unspecified atom stereocenters. The van der Waals surface area contributed by atoms with E-state index in [1.165, 1.54) is 6.07 Å². The van der Waals surface area contributed by atoms with Gasteiger partial charge in [-0.3, -0.25) is 19.1 Å². The number of benzene rings is 1. The first-order chi connectivity index (χ1) is 19.2. The Labute approximate surface area is 235 Å². The molecule has 4 rings (SSSR count). The maximum Gasteiger partial charge on any atom is 0.336 e. The summed E-state index contributed by atoms with van der Waals surface area (Å²) in [5.41, 5.74) is -1.02. The average molecular weight is 579 g/mol. The molecule has 0 bridgehead atoms. The second-order valence-corrected chi connectivity index (χ2v) is 10.5. The third-order valence-corrected chi connectivity index (χ3v) is 7.25. The number of hydrogen-bond acceptors (Lipinski definition) is 8. The summed E-state index contributed by atoms with van der Waals surface area (Å²) in [7, 11) is 3.59. The van der Waals surface area contributed by atoms with Gasteiger partial charge in [-0.15, -0.1) is 0 Å². The zero-order valence-corrected chi connectivity index (χ0v) is 22.9. The largest absolute Gasteiger partial charge is 0.481 e. The first kappa shape index (κ1) is 31.6. The molecule has 1 amide bonds. The number of fused-ring (bicyclic) bond motifs is 2. The minimum Gasteiger partial charge on any atom is -0.481 e. The number of nitrogens with zero attached hydrogens (tertiary/aromatic N) is 4. The topological polar surface area (TPSA) is 183 Å². The number of aliphatic hydroxyl groups is 1. The number of carboxylic acid groups (broad SMARTS) is 3. The van der Waals surface area contributed by atoms with Crippen LogP contribution in [0.3, 0.4) is 0 Å². The molecule has 0 aliphatic carbocycles. The molecule has 1 aromatic carbocycles. The lowest BCUT2D eigenvalue weighted by Crippen LogP contribution is -2.47. The molecule has 0 saturated carbocycles. The number of rotatable bonds is 10. The fourth-order valence-corrected chi connectivity index (χ4v) is 5.14. The molecule has 41 heavy (non-hydrogen) atoms. The molecule has 224 valence electrons. The molecule has 1 aromatic heterocycles. The number of aliphatic carboxylic acids is 3. The van der Waals surface area contributed by atoms with Crippen molar-refractivity contribution in [3.05, 3.63) is 53.6 Å². The van der Waals surface area contributed by atoms with E-state index in [1.54, 1.807) is 31.3 Å². The Hall–Kier alpha value is -3.88. The molecule has 2 aromatic rings. The molecule has 0 radical (unpaired) electrons. The molecule has 3 heterocycles. The van der Waals surface area contributed by atoms with Crippen LogP contribution in [-0.2, 0) is 42.7 Å². The van der Waals surface area contributed by atoms with E-state index in [4.69, 9.17) is 25.2 Å². The van der Waals surface area contributed by atoms with Gasteiger partial charge in [0, 0.05) is 46.1 Å². The van der Waals surface area contributed by atoms with Crippen LogP contribution in [0.25, 0.3) is 0 Å². The molecule has 1 spiro atoms. The molecular formula is C27H35FN4O9. The molecule has 1 saturated heterocycles. The van der Waals surface area contributed by atoms with E-state index in [2.05, 4.69) is 10.00 Å². The van der Waals surface area contributed by atoms with E-state index in [9.17, 15) is 23.6 Å². The zero-order chi connectivity index (χ0) is 30.4. The van der Waals surface area contributed by atoms with Crippen LogP contribution in [0.1, 0.15) is 36.8 Å². The second-order valence-electron chi connectivity index (χ2n) is 10.5. The highest BCUT2D eigenvalue weighted by molar-refractivity contribution is 5.88. The van der Waals surface area contributed by atoms with Crippen LogP contribution in [-0.4, -0.2) is 103 Å². The van der Waals surface area contributed by atoms with E-state index in [-0.39, 0.29) is 23.2 Å². The predicted octanol–water partition coefficient (Wildman–Crippen LogP) is 1.000. The quantitative estimate of drug-likeness (QED) is 0.316. The molecule has 13 nitrogen and oxygen atoms in total. The minimum absolute atomic E-state index is 0.111. The van der Waals surface area contributed by atoms with Gasteiger partial charge >= 0.3 is 17.9 Å². The number of piperidine rings is 1. The van der Waals surface area contributed by atoms with Crippen molar-refractivity contribution in [1.29, 1.82) is 0 Å². The van der Waals surface area contributed by atoms with Crippen LogP contribution in [0.4, 0.5) is 4.39 Å². The third-order valence-electron chi connectivity index (χ3n) is 7.25. The summed E-state index contributed by atoms with van der Waals surface area (Å²) < 4.78 is 21.7. The molecule has 1 fully saturated rings. The van der Waals surface area contributed by atoms with Gasteiger partial charge in [0.2, 0.25) is 5.91 Å². The Morgan fingerprint density at radius 3 is 2.24 bits per heavy atom. The molecule has 2 aliphatic rings. The molecular weight excluding hydrogens is 543 g/mol. The smallest absolute Gasteiger partial charge is 0.336 e. The number of likely N-dealkylation sites (tertiary alicyclic amines) is 1. The lowest BCUT2D eigenvalue weighted by atomic mass is 9.83. The van der Waals surface area contributed by atoms with Crippen molar-refractivity contribution in [3.8, 4) is 0 Å². The fraction of sp³-hybridized carbons (Fsp3) is 0.519. The molecule has 2 aliphatic heterocycles. The first-order valence-corrected chi connectivity index (χ1v) is 13.0. The van der Waals surface area contributed by atoms with E-state index >= 15 is 0 Å². The molecule has 4 N–H and O–H groups in total. The number of ether oxygens (including phenoxy) is 1. The van der Waals surface area contributed by atoms with Crippen LogP contribution < -0.4 is 0 Å². The van der Waals surface area contributed by atoms with E-state index in [0.29, 0.717) is 19.7 Å². The Morgan fingerprint density at radius 2 is 1.73 bits per heavy atom. The van der Waals surface area contributed by atoms with Gasteiger partial charge in [0.15, 0.2) is 5.60 Å². The Morgan fingerprint density at radius 1 is 1.10 bits per heavy atom.